The van der Waals surface area contributed by atoms with E-state index in [9.17, 15) is 10.1 Å². The Morgan fingerprint density at radius 1 is 1.28 bits per heavy atom. The Labute approximate surface area is 118 Å². The van der Waals surface area contributed by atoms with E-state index in [1.54, 1.807) is 18.2 Å². The minimum absolute atomic E-state index is 0.127. The van der Waals surface area contributed by atoms with Crippen molar-refractivity contribution in [3.63, 3.8) is 0 Å². The summed E-state index contributed by atoms with van der Waals surface area (Å²) in [5, 5.41) is 9.21. The standard InChI is InChI=1S/C14H10BrNOS/c1-9-2-7-13(18-9)14(17)12(8-16)10-3-5-11(15)6-4-10/h2-7,12H,1H3. The van der Waals surface area contributed by atoms with Crippen LogP contribution in [0, 0.1) is 18.3 Å². The van der Waals surface area contributed by atoms with Crippen LogP contribution in [-0.4, -0.2) is 5.78 Å². The van der Waals surface area contributed by atoms with Gasteiger partial charge in [0.15, 0.2) is 5.78 Å². The number of benzene rings is 1. The number of nitrogens with zero attached hydrogens (tertiary/aromatic N) is 1. The van der Waals surface area contributed by atoms with Crippen LogP contribution in [0.3, 0.4) is 0 Å². The number of aryl methyl sites for hydroxylation is 1. The lowest BCUT2D eigenvalue weighted by molar-refractivity contribution is 0.0983. The van der Waals surface area contributed by atoms with E-state index in [0.717, 1.165) is 14.9 Å². The maximum atomic E-state index is 12.3. The van der Waals surface area contributed by atoms with E-state index in [4.69, 9.17) is 0 Å². The molecule has 0 aliphatic heterocycles. The number of carbonyl (C=O) groups is 1. The summed E-state index contributed by atoms with van der Waals surface area (Å²) in [6.07, 6.45) is 0. The molecular formula is C14H10BrNOS. The number of ketones is 1. The van der Waals surface area contributed by atoms with Crippen LogP contribution >= 0.6 is 27.3 Å². The summed E-state index contributed by atoms with van der Waals surface area (Å²) < 4.78 is 0.933. The second kappa shape index (κ2) is 5.47. The molecule has 1 atom stereocenters. The predicted molar refractivity (Wildman–Crippen MR) is 75.9 cm³/mol. The van der Waals surface area contributed by atoms with Crippen LogP contribution in [0.4, 0.5) is 0 Å². The number of halogens is 1. The summed E-state index contributed by atoms with van der Waals surface area (Å²) in [7, 11) is 0. The van der Waals surface area contributed by atoms with Crippen LogP contribution in [0.1, 0.15) is 26.0 Å². The van der Waals surface area contributed by atoms with Crippen molar-refractivity contribution in [2.75, 3.05) is 0 Å². The molecule has 90 valence electrons. The van der Waals surface area contributed by atoms with Crippen LogP contribution in [0.2, 0.25) is 0 Å². The molecule has 1 unspecified atom stereocenters. The highest BCUT2D eigenvalue weighted by molar-refractivity contribution is 9.10. The van der Waals surface area contributed by atoms with E-state index in [1.807, 2.05) is 25.1 Å². The van der Waals surface area contributed by atoms with Gasteiger partial charge in [0.2, 0.25) is 0 Å². The summed E-state index contributed by atoms with van der Waals surface area (Å²) >= 11 is 4.76. The Hall–Kier alpha value is -1.44. The Morgan fingerprint density at radius 2 is 1.94 bits per heavy atom. The molecule has 0 amide bonds. The first-order valence-electron chi connectivity index (χ1n) is 5.37. The summed E-state index contributed by atoms with van der Waals surface area (Å²) in [6.45, 7) is 1.95. The zero-order valence-electron chi connectivity index (χ0n) is 9.68. The highest BCUT2D eigenvalue weighted by Crippen LogP contribution is 2.25. The molecule has 0 spiro atoms. The highest BCUT2D eigenvalue weighted by atomic mass is 79.9. The molecular weight excluding hydrogens is 310 g/mol. The minimum atomic E-state index is -0.726. The van der Waals surface area contributed by atoms with Crippen molar-refractivity contribution in [1.82, 2.24) is 0 Å². The molecule has 1 aromatic heterocycles. The molecule has 2 nitrogen and oxygen atoms in total. The molecule has 18 heavy (non-hydrogen) atoms. The van der Waals surface area contributed by atoms with Crippen molar-refractivity contribution < 1.29 is 4.79 Å². The normalized spacial score (nSPS) is 11.8. The fraction of sp³-hybridized carbons (Fsp3) is 0.143. The minimum Gasteiger partial charge on any atom is -0.291 e. The summed E-state index contributed by atoms with van der Waals surface area (Å²) in [5.74, 6) is -0.853. The van der Waals surface area contributed by atoms with Gasteiger partial charge in [0, 0.05) is 9.35 Å². The van der Waals surface area contributed by atoms with E-state index >= 15 is 0 Å². The molecule has 1 heterocycles. The Kier molecular flexibility index (Phi) is 3.95. The molecule has 2 aromatic rings. The maximum Gasteiger partial charge on any atom is 0.194 e. The van der Waals surface area contributed by atoms with Gasteiger partial charge in [0.1, 0.15) is 5.92 Å². The number of hydrogen-bond acceptors (Lipinski definition) is 3. The van der Waals surface area contributed by atoms with Gasteiger partial charge < -0.3 is 0 Å². The van der Waals surface area contributed by atoms with Gasteiger partial charge in [-0.15, -0.1) is 11.3 Å². The lowest BCUT2D eigenvalue weighted by Gasteiger charge is -2.07. The first kappa shape index (κ1) is 13.0. The molecule has 0 bridgehead atoms. The lowest BCUT2D eigenvalue weighted by Crippen LogP contribution is -2.09. The third-order valence-electron chi connectivity index (χ3n) is 2.58. The second-order valence-corrected chi connectivity index (χ2v) is 6.09. The van der Waals surface area contributed by atoms with Crippen molar-refractivity contribution in [3.8, 4) is 6.07 Å². The summed E-state index contributed by atoms with van der Waals surface area (Å²) in [6, 6.07) is 13.1. The molecule has 0 saturated heterocycles. The number of rotatable bonds is 3. The SMILES string of the molecule is Cc1ccc(C(=O)C(C#N)c2ccc(Br)cc2)s1. The zero-order chi connectivity index (χ0) is 13.1. The Morgan fingerprint density at radius 3 is 2.44 bits per heavy atom. The molecule has 0 aliphatic rings. The van der Waals surface area contributed by atoms with Crippen LogP contribution in [0.15, 0.2) is 40.9 Å². The monoisotopic (exact) mass is 319 g/mol. The molecule has 2 rings (SSSR count). The molecule has 0 radical (unpaired) electrons. The molecule has 1 aromatic carbocycles. The van der Waals surface area contributed by atoms with Crippen molar-refractivity contribution >= 4 is 33.0 Å². The van der Waals surface area contributed by atoms with Crippen LogP contribution in [0.25, 0.3) is 0 Å². The molecule has 0 N–H and O–H groups in total. The fourth-order valence-electron chi connectivity index (χ4n) is 1.65. The molecule has 0 aliphatic carbocycles. The van der Waals surface area contributed by atoms with Gasteiger partial charge in [0.25, 0.3) is 0 Å². The van der Waals surface area contributed by atoms with Crippen LogP contribution < -0.4 is 0 Å². The third kappa shape index (κ3) is 2.69. The summed E-state index contributed by atoms with van der Waals surface area (Å²) in [5.41, 5.74) is 0.733. The molecule has 4 heteroatoms. The molecule has 0 fully saturated rings. The van der Waals surface area contributed by atoms with Crippen LogP contribution in [-0.2, 0) is 0 Å². The van der Waals surface area contributed by atoms with E-state index < -0.39 is 5.92 Å². The van der Waals surface area contributed by atoms with Gasteiger partial charge in [-0.05, 0) is 36.8 Å². The van der Waals surface area contributed by atoms with Gasteiger partial charge in [0.05, 0.1) is 10.9 Å². The lowest BCUT2D eigenvalue weighted by atomic mass is 9.95. The largest absolute Gasteiger partial charge is 0.291 e. The average molecular weight is 320 g/mol. The van der Waals surface area contributed by atoms with E-state index in [1.165, 1.54) is 11.3 Å². The molecule has 0 saturated carbocycles. The van der Waals surface area contributed by atoms with Crippen molar-refractivity contribution in [3.05, 3.63) is 56.2 Å². The highest BCUT2D eigenvalue weighted by Gasteiger charge is 2.22. The van der Waals surface area contributed by atoms with Crippen molar-refractivity contribution in [2.45, 2.75) is 12.8 Å². The topological polar surface area (TPSA) is 40.9 Å². The number of hydrogen-bond donors (Lipinski definition) is 0. The summed E-state index contributed by atoms with van der Waals surface area (Å²) in [4.78, 5) is 14.0. The van der Waals surface area contributed by atoms with Gasteiger partial charge in [-0.1, -0.05) is 28.1 Å². The number of carbonyl (C=O) groups excluding carboxylic acids is 1. The van der Waals surface area contributed by atoms with E-state index in [-0.39, 0.29) is 5.78 Å². The quantitative estimate of drug-likeness (QED) is 0.791. The van der Waals surface area contributed by atoms with Gasteiger partial charge in [-0.25, -0.2) is 0 Å². The average Bonchev–Trinajstić information content (AvgIpc) is 2.79. The zero-order valence-corrected chi connectivity index (χ0v) is 12.1. The van der Waals surface area contributed by atoms with Crippen molar-refractivity contribution in [2.24, 2.45) is 0 Å². The van der Waals surface area contributed by atoms with E-state index in [0.29, 0.717) is 4.88 Å². The van der Waals surface area contributed by atoms with E-state index in [2.05, 4.69) is 22.0 Å². The smallest absolute Gasteiger partial charge is 0.194 e. The number of thiophene rings is 1. The van der Waals surface area contributed by atoms with Gasteiger partial charge in [-0.3, -0.25) is 4.79 Å². The fourth-order valence-corrected chi connectivity index (χ4v) is 2.75. The Balaban J connectivity index is 2.32. The van der Waals surface area contributed by atoms with Gasteiger partial charge in [-0.2, -0.15) is 5.26 Å². The maximum absolute atomic E-state index is 12.3. The third-order valence-corrected chi connectivity index (χ3v) is 4.12. The number of nitriles is 1. The predicted octanol–water partition coefficient (Wildman–Crippen LogP) is 4.31. The Bertz CT molecular complexity index is 609. The van der Waals surface area contributed by atoms with Gasteiger partial charge >= 0.3 is 0 Å². The van der Waals surface area contributed by atoms with Crippen molar-refractivity contribution in [1.29, 1.82) is 5.26 Å². The van der Waals surface area contributed by atoms with Crippen LogP contribution in [0.5, 0.6) is 0 Å². The first-order valence-corrected chi connectivity index (χ1v) is 6.98. The number of Topliss-reactive ketones (excluding diaryl/α,β-unsaturated/α-hetero) is 1. The second-order valence-electron chi connectivity index (χ2n) is 3.89. The first-order chi connectivity index (χ1) is 8.61.